The molecule has 170 valence electrons. The molecule has 2 rings (SSSR count). The van der Waals surface area contributed by atoms with Crippen LogP contribution in [0.25, 0.3) is 0 Å². The van der Waals surface area contributed by atoms with Crippen LogP contribution in [0.5, 0.6) is 0 Å². The van der Waals surface area contributed by atoms with Crippen LogP contribution in [0.1, 0.15) is 22.3 Å². The van der Waals surface area contributed by atoms with Crippen molar-refractivity contribution in [2.24, 2.45) is 0 Å². The molecule has 0 saturated carbocycles. The van der Waals surface area contributed by atoms with Gasteiger partial charge in [0.2, 0.25) is 0 Å². The second-order valence-corrected chi connectivity index (χ2v) is 8.71. The second kappa shape index (κ2) is 8.15. The van der Waals surface area contributed by atoms with E-state index in [9.17, 15) is 44.7 Å². The number of benzene rings is 2. The molecule has 0 aliphatic carbocycles. The van der Waals surface area contributed by atoms with Gasteiger partial charge >= 0.3 is 18.3 Å². The van der Waals surface area contributed by atoms with Gasteiger partial charge in [-0.05, 0) is 35.7 Å². The summed E-state index contributed by atoms with van der Waals surface area (Å²) in [7, 11) is -4.09. The molecule has 0 heterocycles. The van der Waals surface area contributed by atoms with Crippen LogP contribution >= 0.6 is 0 Å². The van der Waals surface area contributed by atoms with E-state index in [-0.39, 0.29) is 10.5 Å². The van der Waals surface area contributed by atoms with E-state index in [1.807, 2.05) is 0 Å². The number of carboxylic acids is 1. The van der Waals surface area contributed by atoms with Crippen LogP contribution in [-0.2, 0) is 32.4 Å². The van der Waals surface area contributed by atoms with Gasteiger partial charge in [0.25, 0.3) is 5.60 Å². The lowest BCUT2D eigenvalue weighted by Crippen LogP contribution is -2.54. The van der Waals surface area contributed by atoms with Crippen molar-refractivity contribution < 1.29 is 49.8 Å². The minimum absolute atomic E-state index is 0.167. The molecule has 0 saturated heterocycles. The Bertz CT molecular complexity index is 1060. The van der Waals surface area contributed by atoms with Gasteiger partial charge in [0, 0.05) is 5.56 Å². The minimum atomic E-state index is -6.17. The Morgan fingerprint density at radius 3 is 1.90 bits per heavy atom. The maximum absolute atomic E-state index is 13.3. The van der Waals surface area contributed by atoms with Crippen molar-refractivity contribution in [1.29, 1.82) is 0 Å². The number of rotatable bonds is 6. The Morgan fingerprint density at radius 2 is 1.45 bits per heavy atom. The summed E-state index contributed by atoms with van der Waals surface area (Å²) >= 11 is 0. The molecule has 2 N–H and O–H groups in total. The number of aliphatic hydroxyl groups is 1. The predicted molar refractivity (Wildman–Crippen MR) is 95.9 cm³/mol. The number of sulfone groups is 1. The summed E-state index contributed by atoms with van der Waals surface area (Å²) in [5.74, 6) is -2.47. The quantitative estimate of drug-likeness (QED) is 0.625. The van der Waals surface area contributed by atoms with Gasteiger partial charge < -0.3 is 10.2 Å². The fourth-order valence-corrected chi connectivity index (χ4v) is 4.54. The number of hydrogen-bond donors (Lipinski definition) is 2. The zero-order valence-corrected chi connectivity index (χ0v) is 16.6. The summed E-state index contributed by atoms with van der Waals surface area (Å²) in [6.45, 7) is 0.773. The Morgan fingerprint density at radius 1 is 0.935 bits per heavy atom. The molecule has 0 aliphatic heterocycles. The lowest BCUT2D eigenvalue weighted by molar-refractivity contribution is -0.376. The Labute approximate surface area is 172 Å². The van der Waals surface area contributed by atoms with E-state index in [1.165, 1.54) is 30.3 Å². The van der Waals surface area contributed by atoms with E-state index in [4.69, 9.17) is 5.11 Å². The highest BCUT2D eigenvalue weighted by Gasteiger charge is 2.71. The van der Waals surface area contributed by atoms with Gasteiger partial charge in [0.1, 0.15) is 0 Å². The number of halogens is 6. The Kier molecular flexibility index (Phi) is 6.49. The largest absolute Gasteiger partial charge is 0.481 e. The maximum atomic E-state index is 13.3. The summed E-state index contributed by atoms with van der Waals surface area (Å²) in [5.41, 5.74) is -8.56. The van der Waals surface area contributed by atoms with Crippen LogP contribution in [0.15, 0.2) is 47.4 Å². The van der Waals surface area contributed by atoms with Gasteiger partial charge in [-0.25, -0.2) is 8.42 Å². The number of carbonyl (C=O) groups is 1. The molecule has 0 fully saturated rings. The zero-order chi connectivity index (χ0) is 23.8. The normalized spacial score (nSPS) is 13.3. The molecule has 5 nitrogen and oxygen atoms in total. The first-order chi connectivity index (χ1) is 14.0. The van der Waals surface area contributed by atoms with Crippen LogP contribution in [0.3, 0.4) is 0 Å². The number of carboxylic acid groups (broad SMARTS) is 1. The first-order valence-corrected chi connectivity index (χ1v) is 10.1. The molecule has 0 spiro atoms. The molecule has 0 atom stereocenters. The number of hydrogen-bond acceptors (Lipinski definition) is 4. The Hall–Kier alpha value is -2.60. The maximum Gasteiger partial charge on any atom is 0.430 e. The van der Waals surface area contributed by atoms with Gasteiger partial charge in [-0.3, -0.25) is 4.79 Å². The second-order valence-electron chi connectivity index (χ2n) is 6.72. The first kappa shape index (κ1) is 24.7. The standard InChI is InChI=1S/C19H16F6O5S/c1-11-14(9-16(26)27)12(10-31(29,30)13-5-3-2-4-6-13)7-8-15(11)17(28,18(20,21)22)19(23,24)25/h2-8,28H,9-10H2,1H3,(H,26,27). The molecule has 2 aromatic carbocycles. The highest BCUT2D eigenvalue weighted by Crippen LogP contribution is 2.51. The molecule has 31 heavy (non-hydrogen) atoms. The lowest BCUT2D eigenvalue weighted by atomic mass is 9.84. The zero-order valence-electron chi connectivity index (χ0n) is 15.8. The van der Waals surface area contributed by atoms with Crippen LogP contribution in [0, 0.1) is 6.92 Å². The molecular formula is C19H16F6O5S. The summed E-state index contributed by atoms with van der Waals surface area (Å²) in [6, 6.07) is 7.79. The smallest absolute Gasteiger partial charge is 0.430 e. The third-order valence-electron chi connectivity index (χ3n) is 4.68. The van der Waals surface area contributed by atoms with Crippen molar-refractivity contribution in [3.05, 3.63) is 64.7 Å². The molecular weight excluding hydrogens is 454 g/mol. The molecule has 2 aromatic rings. The summed E-state index contributed by atoms with van der Waals surface area (Å²) < 4.78 is 105. The van der Waals surface area contributed by atoms with Gasteiger partial charge in [-0.2, -0.15) is 26.3 Å². The van der Waals surface area contributed by atoms with Crippen molar-refractivity contribution in [3.63, 3.8) is 0 Å². The van der Waals surface area contributed by atoms with Gasteiger partial charge in [0.05, 0.1) is 17.1 Å². The van der Waals surface area contributed by atoms with Crippen LogP contribution < -0.4 is 0 Å². The molecule has 0 bridgehead atoms. The highest BCUT2D eigenvalue weighted by molar-refractivity contribution is 7.90. The molecule has 0 aromatic heterocycles. The SMILES string of the molecule is Cc1c(C(O)(C(F)(F)F)C(F)(F)F)ccc(CS(=O)(=O)c2ccccc2)c1CC(=O)O. The monoisotopic (exact) mass is 470 g/mol. The average Bonchev–Trinajstić information content (AvgIpc) is 2.62. The highest BCUT2D eigenvalue weighted by atomic mass is 32.2. The fourth-order valence-electron chi connectivity index (χ4n) is 3.12. The van der Waals surface area contributed by atoms with Crippen LogP contribution in [0.4, 0.5) is 26.3 Å². The first-order valence-electron chi connectivity index (χ1n) is 8.49. The molecule has 0 aliphatic rings. The summed E-state index contributed by atoms with van der Waals surface area (Å²) in [4.78, 5) is 11.0. The van der Waals surface area contributed by atoms with Crippen molar-refractivity contribution in [1.82, 2.24) is 0 Å². The molecule has 0 amide bonds. The molecule has 12 heteroatoms. The van der Waals surface area contributed by atoms with Gasteiger partial charge in [0.15, 0.2) is 9.84 Å². The average molecular weight is 470 g/mol. The van der Waals surface area contributed by atoms with Crippen molar-refractivity contribution in [3.8, 4) is 0 Å². The van der Waals surface area contributed by atoms with E-state index in [0.29, 0.717) is 12.1 Å². The van der Waals surface area contributed by atoms with E-state index in [0.717, 1.165) is 6.92 Å². The predicted octanol–water partition coefficient (Wildman–Crippen LogP) is 3.91. The fraction of sp³-hybridized carbons (Fsp3) is 0.316. The van der Waals surface area contributed by atoms with Gasteiger partial charge in [-0.1, -0.05) is 30.3 Å². The van der Waals surface area contributed by atoms with E-state index in [2.05, 4.69) is 0 Å². The van der Waals surface area contributed by atoms with Gasteiger partial charge in [-0.15, -0.1) is 0 Å². The number of aliphatic carboxylic acids is 1. The van der Waals surface area contributed by atoms with E-state index >= 15 is 0 Å². The minimum Gasteiger partial charge on any atom is -0.481 e. The third-order valence-corrected chi connectivity index (χ3v) is 6.36. The third kappa shape index (κ3) is 4.69. The van der Waals surface area contributed by atoms with E-state index in [1.54, 1.807) is 0 Å². The van der Waals surface area contributed by atoms with Crippen LogP contribution in [0.2, 0.25) is 0 Å². The van der Waals surface area contributed by atoms with Crippen molar-refractivity contribution in [2.75, 3.05) is 0 Å². The topological polar surface area (TPSA) is 91.7 Å². The van der Waals surface area contributed by atoms with Crippen LogP contribution in [-0.4, -0.2) is 37.0 Å². The Balaban J connectivity index is 2.73. The summed E-state index contributed by atoms with van der Waals surface area (Å²) in [6.07, 6.45) is -13.4. The van der Waals surface area contributed by atoms with E-state index < -0.39 is 62.6 Å². The summed E-state index contributed by atoms with van der Waals surface area (Å²) in [5, 5.41) is 18.8. The molecule has 0 unspecified atom stereocenters. The van der Waals surface area contributed by atoms with Crippen molar-refractivity contribution in [2.45, 2.75) is 41.9 Å². The van der Waals surface area contributed by atoms with Crippen molar-refractivity contribution >= 4 is 15.8 Å². The molecule has 0 radical (unpaired) electrons. The lowest BCUT2D eigenvalue weighted by Gasteiger charge is -2.34. The number of alkyl halides is 6.